The van der Waals surface area contributed by atoms with E-state index in [2.05, 4.69) is 14.9 Å². The molecule has 1 aliphatic heterocycles. The molecule has 0 bridgehead atoms. The lowest BCUT2D eigenvalue weighted by molar-refractivity contribution is 0.216. The van der Waals surface area contributed by atoms with Gasteiger partial charge in [-0.3, -0.25) is 0 Å². The molecule has 0 amide bonds. The maximum atomic E-state index is 11.4. The van der Waals surface area contributed by atoms with Crippen LogP contribution in [-0.2, 0) is 14.8 Å². The molecule has 0 aromatic rings. The number of hydrogen-bond acceptors (Lipinski definition) is 5. The summed E-state index contributed by atoms with van der Waals surface area (Å²) in [4.78, 5) is 2.35. The van der Waals surface area contributed by atoms with E-state index in [9.17, 15) is 8.42 Å². The monoisotopic (exact) mass is 337 g/mol. The van der Waals surface area contributed by atoms with E-state index in [-0.39, 0.29) is 37.2 Å². The zero-order chi connectivity index (χ0) is 12.6. The number of nitrogens with one attached hydrogen (secondary N) is 2. The standard InChI is InChI=1S/C10H23N3O3S.2ClH/c1-16-9-10-17(14,15)12-3-2-6-13-7-4-11-5-8-13;;/h11-12H,2-10H2,1H3;2*1H. The second-order valence-electron chi connectivity index (χ2n) is 4.15. The molecule has 0 spiro atoms. The van der Waals surface area contributed by atoms with Crippen LogP contribution in [0.1, 0.15) is 6.42 Å². The van der Waals surface area contributed by atoms with Crippen LogP contribution >= 0.6 is 24.8 Å². The molecule has 0 radical (unpaired) electrons. The highest BCUT2D eigenvalue weighted by Crippen LogP contribution is 1.94. The smallest absolute Gasteiger partial charge is 0.213 e. The van der Waals surface area contributed by atoms with Gasteiger partial charge in [0, 0.05) is 39.8 Å². The van der Waals surface area contributed by atoms with E-state index < -0.39 is 10.0 Å². The summed E-state index contributed by atoms with van der Waals surface area (Å²) in [6, 6.07) is 0. The van der Waals surface area contributed by atoms with Crippen LogP contribution < -0.4 is 10.0 Å². The number of hydrogen-bond donors (Lipinski definition) is 2. The van der Waals surface area contributed by atoms with Crippen LogP contribution in [0.15, 0.2) is 0 Å². The van der Waals surface area contributed by atoms with Crippen LogP contribution in [0.3, 0.4) is 0 Å². The lowest BCUT2D eigenvalue weighted by Gasteiger charge is -2.27. The molecule has 0 aromatic heterocycles. The molecule has 9 heteroatoms. The number of methoxy groups -OCH3 is 1. The van der Waals surface area contributed by atoms with Crippen molar-refractivity contribution in [3.05, 3.63) is 0 Å². The van der Waals surface area contributed by atoms with E-state index in [1.165, 1.54) is 7.11 Å². The van der Waals surface area contributed by atoms with Gasteiger partial charge in [-0.05, 0) is 13.0 Å². The maximum absolute atomic E-state index is 11.4. The summed E-state index contributed by atoms with van der Waals surface area (Å²) in [6.45, 7) is 5.86. The first kappa shape index (κ1) is 21.7. The highest BCUT2D eigenvalue weighted by atomic mass is 35.5. The van der Waals surface area contributed by atoms with Crippen molar-refractivity contribution in [1.82, 2.24) is 14.9 Å². The Balaban J connectivity index is 0. The van der Waals surface area contributed by atoms with Crippen LogP contribution in [0.25, 0.3) is 0 Å². The highest BCUT2D eigenvalue weighted by molar-refractivity contribution is 7.89. The summed E-state index contributed by atoms with van der Waals surface area (Å²) < 4.78 is 30.2. The fraction of sp³-hybridized carbons (Fsp3) is 1.00. The molecule has 0 saturated carbocycles. The normalized spacial score (nSPS) is 16.5. The molecule has 1 heterocycles. The first-order valence-corrected chi connectivity index (χ1v) is 7.68. The number of piperazine rings is 1. The Kier molecular flexibility index (Phi) is 13.8. The highest BCUT2D eigenvalue weighted by Gasteiger charge is 2.11. The maximum Gasteiger partial charge on any atom is 0.213 e. The van der Waals surface area contributed by atoms with E-state index in [0.717, 1.165) is 39.1 Å². The average Bonchev–Trinajstić information content (AvgIpc) is 2.34. The molecule has 0 unspecified atom stereocenters. The molecule has 118 valence electrons. The minimum Gasteiger partial charge on any atom is -0.384 e. The minimum atomic E-state index is -3.15. The van der Waals surface area contributed by atoms with Gasteiger partial charge in [-0.15, -0.1) is 24.8 Å². The molecule has 1 fully saturated rings. The van der Waals surface area contributed by atoms with Crippen molar-refractivity contribution in [2.45, 2.75) is 6.42 Å². The van der Waals surface area contributed by atoms with Crippen LogP contribution in [0, 0.1) is 0 Å². The molecule has 0 aliphatic carbocycles. The van der Waals surface area contributed by atoms with Crippen molar-refractivity contribution >= 4 is 34.8 Å². The third-order valence-electron chi connectivity index (χ3n) is 2.74. The van der Waals surface area contributed by atoms with Crippen molar-refractivity contribution in [3.63, 3.8) is 0 Å². The van der Waals surface area contributed by atoms with Crippen molar-refractivity contribution in [2.24, 2.45) is 0 Å². The van der Waals surface area contributed by atoms with Crippen molar-refractivity contribution < 1.29 is 13.2 Å². The van der Waals surface area contributed by atoms with E-state index in [0.29, 0.717) is 6.54 Å². The van der Waals surface area contributed by atoms with Crippen molar-refractivity contribution in [3.8, 4) is 0 Å². The van der Waals surface area contributed by atoms with Gasteiger partial charge in [-0.25, -0.2) is 13.1 Å². The molecule has 2 N–H and O–H groups in total. The minimum absolute atomic E-state index is 0. The Morgan fingerprint density at radius 3 is 2.47 bits per heavy atom. The Bertz CT molecular complexity index is 298. The predicted octanol–water partition coefficient (Wildman–Crippen LogP) is -0.309. The van der Waals surface area contributed by atoms with Gasteiger partial charge in [0.25, 0.3) is 0 Å². The topological polar surface area (TPSA) is 70.7 Å². The Morgan fingerprint density at radius 2 is 1.89 bits per heavy atom. The van der Waals surface area contributed by atoms with Gasteiger partial charge in [0.05, 0.1) is 12.4 Å². The molecular weight excluding hydrogens is 313 g/mol. The quantitative estimate of drug-likeness (QED) is 0.594. The van der Waals surface area contributed by atoms with Crippen LogP contribution in [0.2, 0.25) is 0 Å². The van der Waals surface area contributed by atoms with Crippen LogP contribution in [0.4, 0.5) is 0 Å². The molecule has 19 heavy (non-hydrogen) atoms. The van der Waals surface area contributed by atoms with E-state index >= 15 is 0 Å². The number of ether oxygens (including phenoxy) is 1. The van der Waals surface area contributed by atoms with Gasteiger partial charge in [0.1, 0.15) is 0 Å². The van der Waals surface area contributed by atoms with Crippen molar-refractivity contribution in [2.75, 3.05) is 58.7 Å². The van der Waals surface area contributed by atoms with Gasteiger partial charge >= 0.3 is 0 Å². The lowest BCUT2D eigenvalue weighted by atomic mass is 10.3. The van der Waals surface area contributed by atoms with E-state index in [4.69, 9.17) is 4.74 Å². The Labute approximate surface area is 128 Å². The van der Waals surface area contributed by atoms with Crippen LogP contribution in [0.5, 0.6) is 0 Å². The summed E-state index contributed by atoms with van der Waals surface area (Å²) in [7, 11) is -1.65. The van der Waals surface area contributed by atoms with Gasteiger partial charge in [-0.1, -0.05) is 0 Å². The second kappa shape index (κ2) is 12.1. The van der Waals surface area contributed by atoms with Gasteiger partial charge in [0.15, 0.2) is 0 Å². The third kappa shape index (κ3) is 10.8. The number of halogens is 2. The molecule has 1 saturated heterocycles. The average molecular weight is 338 g/mol. The lowest BCUT2D eigenvalue weighted by Crippen LogP contribution is -2.44. The number of nitrogens with zero attached hydrogens (tertiary/aromatic N) is 1. The largest absolute Gasteiger partial charge is 0.384 e. The molecule has 1 rings (SSSR count). The first-order chi connectivity index (χ1) is 8.14. The zero-order valence-electron chi connectivity index (χ0n) is 11.3. The van der Waals surface area contributed by atoms with Gasteiger partial charge in [-0.2, -0.15) is 0 Å². The fourth-order valence-electron chi connectivity index (χ4n) is 1.73. The molecule has 6 nitrogen and oxygen atoms in total. The van der Waals surface area contributed by atoms with E-state index in [1.807, 2.05) is 0 Å². The SMILES string of the molecule is COCCS(=O)(=O)NCCCN1CCNCC1.Cl.Cl. The third-order valence-corrected chi connectivity index (χ3v) is 4.09. The Hall–Kier alpha value is 0.370. The molecule has 0 atom stereocenters. The van der Waals surface area contributed by atoms with Crippen molar-refractivity contribution in [1.29, 1.82) is 0 Å². The summed E-state index contributed by atoms with van der Waals surface area (Å²) in [6.07, 6.45) is 0.853. The van der Waals surface area contributed by atoms with Gasteiger partial charge in [0.2, 0.25) is 10.0 Å². The second-order valence-corrected chi connectivity index (χ2v) is 6.08. The zero-order valence-corrected chi connectivity index (χ0v) is 13.7. The molecule has 1 aliphatic rings. The number of rotatable bonds is 8. The van der Waals surface area contributed by atoms with Gasteiger partial charge < -0.3 is 15.0 Å². The summed E-state index contributed by atoms with van der Waals surface area (Å²) in [5.74, 6) is 0.0388. The molecular formula is C10H25Cl2N3O3S. The van der Waals surface area contributed by atoms with E-state index in [1.54, 1.807) is 0 Å². The van der Waals surface area contributed by atoms with Crippen LogP contribution in [-0.4, -0.2) is 72.1 Å². The first-order valence-electron chi connectivity index (χ1n) is 6.03. The number of sulfonamides is 1. The predicted molar refractivity (Wildman–Crippen MR) is 82.1 cm³/mol. The summed E-state index contributed by atoms with van der Waals surface area (Å²) >= 11 is 0. The Morgan fingerprint density at radius 1 is 1.26 bits per heavy atom. The summed E-state index contributed by atoms with van der Waals surface area (Å²) in [5, 5.41) is 3.29. The summed E-state index contributed by atoms with van der Waals surface area (Å²) in [5.41, 5.74) is 0. The molecule has 0 aromatic carbocycles. The fourth-order valence-corrected chi connectivity index (χ4v) is 2.72.